The second-order valence-corrected chi connectivity index (χ2v) is 3.50. The molecular weight excluding hydrogens is 136 g/mol. The first-order chi connectivity index (χ1) is 5.11. The van der Waals surface area contributed by atoms with E-state index in [1.165, 1.54) is 5.57 Å². The summed E-state index contributed by atoms with van der Waals surface area (Å²) in [6.07, 6.45) is 3.82. The highest BCUT2D eigenvalue weighted by Crippen LogP contribution is 2.27. The van der Waals surface area contributed by atoms with Crippen molar-refractivity contribution in [2.24, 2.45) is 5.92 Å². The third-order valence-electron chi connectivity index (χ3n) is 2.35. The molecule has 1 N–H and O–H groups in total. The van der Waals surface area contributed by atoms with Crippen LogP contribution in [0.4, 0.5) is 0 Å². The first-order valence-corrected chi connectivity index (χ1v) is 4.12. The maximum atomic E-state index is 9.57. The molecule has 1 heteroatoms. The van der Waals surface area contributed by atoms with Gasteiger partial charge in [-0.3, -0.25) is 0 Å². The average molecular weight is 152 g/mol. The molecule has 0 bridgehead atoms. The van der Waals surface area contributed by atoms with Crippen LogP contribution in [0.5, 0.6) is 0 Å². The molecule has 0 radical (unpaired) electrons. The van der Waals surface area contributed by atoms with E-state index < -0.39 is 0 Å². The lowest BCUT2D eigenvalue weighted by atomic mass is 9.84. The van der Waals surface area contributed by atoms with Crippen molar-refractivity contribution in [1.82, 2.24) is 0 Å². The molecule has 0 aromatic carbocycles. The van der Waals surface area contributed by atoms with Gasteiger partial charge in [-0.2, -0.15) is 0 Å². The molecule has 0 fully saturated rings. The van der Waals surface area contributed by atoms with E-state index in [0.717, 1.165) is 18.4 Å². The summed E-state index contributed by atoms with van der Waals surface area (Å²) >= 11 is 0. The van der Waals surface area contributed by atoms with Crippen LogP contribution in [0.1, 0.15) is 26.7 Å². The van der Waals surface area contributed by atoms with E-state index in [4.69, 9.17) is 0 Å². The molecule has 1 aliphatic rings. The molecule has 0 spiro atoms. The van der Waals surface area contributed by atoms with Gasteiger partial charge in [0.05, 0.1) is 6.10 Å². The Hall–Kier alpha value is -0.560. The van der Waals surface area contributed by atoms with Crippen LogP contribution in [0.2, 0.25) is 0 Å². The molecule has 0 heterocycles. The summed E-state index contributed by atoms with van der Waals surface area (Å²) in [4.78, 5) is 0. The summed E-state index contributed by atoms with van der Waals surface area (Å²) in [5.41, 5.74) is 2.40. The zero-order valence-corrected chi connectivity index (χ0v) is 7.30. The second kappa shape index (κ2) is 3.22. The molecule has 0 aliphatic heterocycles. The van der Waals surface area contributed by atoms with Gasteiger partial charge in [0.1, 0.15) is 0 Å². The van der Waals surface area contributed by atoms with Gasteiger partial charge in [-0.1, -0.05) is 23.8 Å². The summed E-state index contributed by atoms with van der Waals surface area (Å²) in [7, 11) is 0. The molecule has 0 saturated heterocycles. The van der Waals surface area contributed by atoms with Crippen LogP contribution in [0, 0.1) is 5.92 Å². The summed E-state index contributed by atoms with van der Waals surface area (Å²) in [5, 5.41) is 9.57. The number of hydrogen-bond donors (Lipinski definition) is 1. The minimum atomic E-state index is -0.291. The van der Waals surface area contributed by atoms with Crippen molar-refractivity contribution in [3.05, 3.63) is 23.8 Å². The molecule has 1 aliphatic carbocycles. The van der Waals surface area contributed by atoms with Crippen molar-refractivity contribution in [3.8, 4) is 0 Å². The number of allylic oxidation sites excluding steroid dienone is 1. The van der Waals surface area contributed by atoms with Crippen molar-refractivity contribution in [2.75, 3.05) is 0 Å². The Bertz CT molecular complexity index is 191. The molecule has 11 heavy (non-hydrogen) atoms. The fraction of sp³-hybridized carbons (Fsp3) is 0.600. The van der Waals surface area contributed by atoms with Crippen LogP contribution in [-0.2, 0) is 0 Å². The summed E-state index contributed by atoms with van der Waals surface area (Å²) in [6, 6.07) is 0. The van der Waals surface area contributed by atoms with Gasteiger partial charge in [-0.05, 0) is 26.7 Å². The highest BCUT2D eigenvalue weighted by molar-refractivity contribution is 5.14. The number of hydrogen-bond acceptors (Lipinski definition) is 1. The quantitative estimate of drug-likeness (QED) is 0.571. The van der Waals surface area contributed by atoms with Gasteiger partial charge in [0.15, 0.2) is 0 Å². The molecule has 0 aromatic rings. The normalized spacial score (nSPS) is 31.4. The molecule has 1 nitrogen and oxygen atoms in total. The highest BCUT2D eigenvalue weighted by Gasteiger charge is 2.21. The minimum absolute atomic E-state index is 0.290. The lowest BCUT2D eigenvalue weighted by Gasteiger charge is -2.25. The summed E-state index contributed by atoms with van der Waals surface area (Å²) in [6.45, 7) is 7.92. The molecule has 0 aromatic heterocycles. The molecule has 0 amide bonds. The van der Waals surface area contributed by atoms with Crippen molar-refractivity contribution in [1.29, 1.82) is 0 Å². The Balaban J connectivity index is 2.68. The van der Waals surface area contributed by atoms with Crippen LogP contribution in [0.25, 0.3) is 0 Å². The van der Waals surface area contributed by atoms with Gasteiger partial charge in [-0.15, -0.1) is 0 Å². The third-order valence-corrected chi connectivity index (χ3v) is 2.35. The van der Waals surface area contributed by atoms with Gasteiger partial charge in [0.25, 0.3) is 0 Å². The largest absolute Gasteiger partial charge is 0.388 e. The maximum absolute atomic E-state index is 9.57. The molecule has 62 valence electrons. The van der Waals surface area contributed by atoms with E-state index in [2.05, 4.69) is 13.5 Å². The SMILES string of the molecule is C=C(C)C1CCC(C)=CC1O. The Labute approximate surface area is 68.4 Å². The fourth-order valence-corrected chi connectivity index (χ4v) is 1.58. The summed E-state index contributed by atoms with van der Waals surface area (Å²) in [5.74, 6) is 0.290. The Morgan fingerprint density at radius 1 is 1.73 bits per heavy atom. The Kier molecular flexibility index (Phi) is 2.50. The minimum Gasteiger partial charge on any atom is -0.388 e. The monoisotopic (exact) mass is 152 g/mol. The molecular formula is C10H16O. The van der Waals surface area contributed by atoms with E-state index >= 15 is 0 Å². The van der Waals surface area contributed by atoms with E-state index in [0.29, 0.717) is 5.92 Å². The lowest BCUT2D eigenvalue weighted by molar-refractivity contribution is 0.157. The topological polar surface area (TPSA) is 20.2 Å². The fourth-order valence-electron chi connectivity index (χ4n) is 1.58. The Morgan fingerprint density at radius 2 is 2.36 bits per heavy atom. The van der Waals surface area contributed by atoms with Crippen LogP contribution < -0.4 is 0 Å². The van der Waals surface area contributed by atoms with Crippen LogP contribution in [0.3, 0.4) is 0 Å². The lowest BCUT2D eigenvalue weighted by Crippen LogP contribution is -2.22. The second-order valence-electron chi connectivity index (χ2n) is 3.50. The first kappa shape index (κ1) is 8.54. The number of rotatable bonds is 1. The number of aliphatic hydroxyl groups is 1. The van der Waals surface area contributed by atoms with Crippen LogP contribution in [-0.4, -0.2) is 11.2 Å². The maximum Gasteiger partial charge on any atom is 0.0788 e. The average Bonchev–Trinajstić information content (AvgIpc) is 1.85. The van der Waals surface area contributed by atoms with E-state index in [-0.39, 0.29) is 6.10 Å². The van der Waals surface area contributed by atoms with Crippen molar-refractivity contribution in [2.45, 2.75) is 32.8 Å². The van der Waals surface area contributed by atoms with Crippen LogP contribution in [0.15, 0.2) is 23.8 Å². The van der Waals surface area contributed by atoms with Gasteiger partial charge >= 0.3 is 0 Å². The van der Waals surface area contributed by atoms with Crippen molar-refractivity contribution < 1.29 is 5.11 Å². The van der Waals surface area contributed by atoms with E-state index in [1.54, 1.807) is 0 Å². The standard InChI is InChI=1S/C10H16O/c1-7(2)9-5-4-8(3)6-10(9)11/h6,9-11H,1,4-5H2,2-3H3. The smallest absolute Gasteiger partial charge is 0.0788 e. The van der Waals surface area contributed by atoms with Crippen molar-refractivity contribution in [3.63, 3.8) is 0 Å². The molecule has 2 atom stereocenters. The predicted molar refractivity (Wildman–Crippen MR) is 47.3 cm³/mol. The molecule has 1 rings (SSSR count). The molecule has 0 saturated carbocycles. The van der Waals surface area contributed by atoms with Gasteiger partial charge in [0.2, 0.25) is 0 Å². The molecule has 2 unspecified atom stereocenters. The summed E-state index contributed by atoms with van der Waals surface area (Å²) < 4.78 is 0. The van der Waals surface area contributed by atoms with E-state index in [1.807, 2.05) is 13.0 Å². The van der Waals surface area contributed by atoms with Gasteiger partial charge in [-0.25, -0.2) is 0 Å². The highest BCUT2D eigenvalue weighted by atomic mass is 16.3. The van der Waals surface area contributed by atoms with Gasteiger partial charge in [0, 0.05) is 5.92 Å². The van der Waals surface area contributed by atoms with Gasteiger partial charge < -0.3 is 5.11 Å². The first-order valence-electron chi connectivity index (χ1n) is 4.12. The Morgan fingerprint density at radius 3 is 2.82 bits per heavy atom. The predicted octanol–water partition coefficient (Wildman–Crippen LogP) is 2.28. The van der Waals surface area contributed by atoms with Crippen molar-refractivity contribution >= 4 is 0 Å². The zero-order chi connectivity index (χ0) is 8.43. The van der Waals surface area contributed by atoms with E-state index in [9.17, 15) is 5.11 Å². The third kappa shape index (κ3) is 1.93. The number of aliphatic hydroxyl groups excluding tert-OH is 1. The van der Waals surface area contributed by atoms with Crippen LogP contribution >= 0.6 is 0 Å². The zero-order valence-electron chi connectivity index (χ0n) is 7.30.